The number of aromatic nitrogens is 1. The molecule has 0 saturated heterocycles. The maximum atomic E-state index is 11.0. The van der Waals surface area contributed by atoms with Crippen LogP contribution in [0.25, 0.3) is 10.2 Å². The van der Waals surface area contributed by atoms with Gasteiger partial charge >= 0.3 is 0 Å². The Kier molecular flexibility index (Phi) is 4.65. The van der Waals surface area contributed by atoms with Gasteiger partial charge in [-0.15, -0.1) is 0 Å². The van der Waals surface area contributed by atoms with Crippen LogP contribution in [0.2, 0.25) is 0 Å². The zero-order chi connectivity index (χ0) is 15.6. The molecule has 2 aromatic rings. The highest BCUT2D eigenvalue weighted by Gasteiger charge is 2.23. The van der Waals surface area contributed by atoms with E-state index in [1.54, 1.807) is 11.3 Å². The maximum Gasteiger partial charge on any atom is 0.264 e. The summed E-state index contributed by atoms with van der Waals surface area (Å²) in [5.74, 6) is 0.336. The molecule has 7 heteroatoms. The van der Waals surface area contributed by atoms with Gasteiger partial charge in [-0.2, -0.15) is 8.42 Å². The zero-order valence-corrected chi connectivity index (χ0v) is 14.1. The molecule has 3 rings (SSSR count). The third kappa shape index (κ3) is 4.18. The van der Waals surface area contributed by atoms with Crippen molar-refractivity contribution in [2.75, 3.05) is 18.2 Å². The van der Waals surface area contributed by atoms with Crippen LogP contribution in [-0.4, -0.2) is 32.3 Å². The Labute approximate surface area is 134 Å². The molecular formula is C15H20N2O3S2. The first-order chi connectivity index (χ1) is 10.5. The number of hydrogen-bond acceptors (Lipinski definition) is 6. The molecule has 0 radical (unpaired) electrons. The number of rotatable bonds is 5. The van der Waals surface area contributed by atoms with E-state index in [1.807, 2.05) is 18.2 Å². The van der Waals surface area contributed by atoms with Crippen molar-refractivity contribution in [3.63, 3.8) is 0 Å². The van der Waals surface area contributed by atoms with Crippen LogP contribution < -0.4 is 5.32 Å². The molecule has 1 saturated carbocycles. The number of anilines is 1. The van der Waals surface area contributed by atoms with Gasteiger partial charge in [-0.05, 0) is 43.7 Å². The van der Waals surface area contributed by atoms with Crippen LogP contribution in [0.3, 0.4) is 0 Å². The molecule has 1 aromatic heterocycles. The quantitative estimate of drug-likeness (QED) is 0.846. The van der Waals surface area contributed by atoms with Gasteiger partial charge in [-0.25, -0.2) is 4.98 Å². The predicted molar refractivity (Wildman–Crippen MR) is 89.8 cm³/mol. The number of nitrogens with one attached hydrogen (secondary N) is 1. The topological polar surface area (TPSA) is 68.3 Å². The Bertz CT molecular complexity index is 701. The number of nitrogens with zero attached hydrogens (tertiary/aromatic N) is 1. The fourth-order valence-corrected chi connectivity index (χ4v) is 4.18. The minimum atomic E-state index is -3.32. The van der Waals surface area contributed by atoms with Gasteiger partial charge in [-0.1, -0.05) is 23.5 Å². The molecule has 1 aliphatic carbocycles. The van der Waals surface area contributed by atoms with Crippen LogP contribution >= 0.6 is 11.3 Å². The van der Waals surface area contributed by atoms with E-state index in [1.165, 1.54) is 4.70 Å². The average molecular weight is 340 g/mol. The van der Waals surface area contributed by atoms with Gasteiger partial charge < -0.3 is 5.32 Å². The lowest BCUT2D eigenvalue weighted by Crippen LogP contribution is -2.28. The maximum absolute atomic E-state index is 11.0. The van der Waals surface area contributed by atoms with Crippen molar-refractivity contribution < 1.29 is 12.6 Å². The summed E-state index contributed by atoms with van der Waals surface area (Å²) in [5.41, 5.74) is 1.03. The Morgan fingerprint density at radius 1 is 1.27 bits per heavy atom. The second-order valence-electron chi connectivity index (χ2n) is 5.84. The SMILES string of the molecule is CS(=O)(=O)OCC1CCC(Nc2nc3ccccc3s2)CC1. The third-order valence-corrected chi connectivity index (χ3v) is 5.52. The summed E-state index contributed by atoms with van der Waals surface area (Å²) in [4.78, 5) is 4.60. The lowest BCUT2D eigenvalue weighted by Gasteiger charge is -2.28. The highest BCUT2D eigenvalue weighted by Crippen LogP contribution is 2.30. The Hall–Kier alpha value is -1.18. The first kappa shape index (κ1) is 15.7. The third-order valence-electron chi connectivity index (χ3n) is 3.99. The monoisotopic (exact) mass is 340 g/mol. The predicted octanol–water partition coefficient (Wildman–Crippen LogP) is 3.24. The summed E-state index contributed by atoms with van der Waals surface area (Å²) >= 11 is 1.68. The van der Waals surface area contributed by atoms with Gasteiger partial charge in [-0.3, -0.25) is 4.18 Å². The van der Waals surface area contributed by atoms with Gasteiger partial charge in [0, 0.05) is 6.04 Å². The molecule has 1 heterocycles. The van der Waals surface area contributed by atoms with E-state index in [9.17, 15) is 8.42 Å². The molecule has 0 unspecified atom stereocenters. The lowest BCUT2D eigenvalue weighted by atomic mass is 9.87. The molecule has 120 valence electrons. The molecule has 0 aliphatic heterocycles. The van der Waals surface area contributed by atoms with Crippen LogP contribution in [-0.2, 0) is 14.3 Å². The molecule has 5 nitrogen and oxygen atoms in total. The molecule has 1 fully saturated rings. The van der Waals surface area contributed by atoms with Crippen LogP contribution in [0.5, 0.6) is 0 Å². The normalized spacial score (nSPS) is 22.8. The number of benzene rings is 1. The van der Waals surface area contributed by atoms with Gasteiger partial charge in [0.2, 0.25) is 0 Å². The van der Waals surface area contributed by atoms with Crippen LogP contribution in [0.4, 0.5) is 5.13 Å². The summed E-state index contributed by atoms with van der Waals surface area (Å²) in [6.45, 7) is 0.312. The Morgan fingerprint density at radius 3 is 2.68 bits per heavy atom. The minimum absolute atomic E-state index is 0.312. The molecular weight excluding hydrogens is 320 g/mol. The van der Waals surface area contributed by atoms with Crippen molar-refractivity contribution in [3.05, 3.63) is 24.3 Å². The number of fused-ring (bicyclic) bond motifs is 1. The number of para-hydroxylation sites is 1. The standard InChI is InChI=1S/C15H20N2O3S2/c1-22(18,19)20-10-11-6-8-12(9-7-11)16-15-17-13-4-2-3-5-14(13)21-15/h2-5,11-12H,6-10H2,1H3,(H,16,17). The van der Waals surface area contributed by atoms with E-state index >= 15 is 0 Å². The van der Waals surface area contributed by atoms with Crippen LogP contribution in [0.15, 0.2) is 24.3 Å². The van der Waals surface area contributed by atoms with Crippen molar-refractivity contribution >= 4 is 36.8 Å². The fraction of sp³-hybridized carbons (Fsp3) is 0.533. The second-order valence-corrected chi connectivity index (χ2v) is 8.51. The first-order valence-electron chi connectivity index (χ1n) is 7.46. The van der Waals surface area contributed by atoms with Crippen molar-refractivity contribution in [2.45, 2.75) is 31.7 Å². The van der Waals surface area contributed by atoms with Gasteiger partial charge in [0.1, 0.15) is 0 Å². The molecule has 0 amide bonds. The van der Waals surface area contributed by atoms with Crippen LogP contribution in [0, 0.1) is 5.92 Å². The van der Waals surface area contributed by atoms with Crippen molar-refractivity contribution in [1.82, 2.24) is 4.98 Å². The fourth-order valence-electron chi connectivity index (χ4n) is 2.80. The van der Waals surface area contributed by atoms with Gasteiger partial charge in [0.25, 0.3) is 10.1 Å². The molecule has 1 aliphatic rings. The van der Waals surface area contributed by atoms with E-state index in [2.05, 4.69) is 16.4 Å². The van der Waals surface area contributed by atoms with E-state index in [4.69, 9.17) is 4.18 Å². The average Bonchev–Trinajstić information content (AvgIpc) is 2.88. The molecule has 22 heavy (non-hydrogen) atoms. The van der Waals surface area contributed by atoms with E-state index in [-0.39, 0.29) is 0 Å². The lowest BCUT2D eigenvalue weighted by molar-refractivity contribution is 0.210. The van der Waals surface area contributed by atoms with E-state index < -0.39 is 10.1 Å². The summed E-state index contributed by atoms with van der Waals surface area (Å²) < 4.78 is 28.1. The summed E-state index contributed by atoms with van der Waals surface area (Å²) in [6, 6.07) is 8.54. The minimum Gasteiger partial charge on any atom is -0.359 e. The first-order valence-corrected chi connectivity index (χ1v) is 10.1. The summed E-state index contributed by atoms with van der Waals surface area (Å²) in [6.07, 6.45) is 5.12. The van der Waals surface area contributed by atoms with Crippen molar-refractivity contribution in [1.29, 1.82) is 0 Å². The van der Waals surface area contributed by atoms with Crippen molar-refractivity contribution in [2.24, 2.45) is 5.92 Å². The zero-order valence-electron chi connectivity index (χ0n) is 12.5. The largest absolute Gasteiger partial charge is 0.359 e. The molecule has 0 bridgehead atoms. The number of hydrogen-bond donors (Lipinski definition) is 1. The Balaban J connectivity index is 1.51. The second kappa shape index (κ2) is 6.52. The summed E-state index contributed by atoms with van der Waals surface area (Å²) in [5, 5.41) is 4.48. The van der Waals surface area contributed by atoms with E-state index in [0.29, 0.717) is 18.6 Å². The smallest absolute Gasteiger partial charge is 0.264 e. The number of thiazole rings is 1. The van der Waals surface area contributed by atoms with Gasteiger partial charge in [0.05, 0.1) is 23.1 Å². The van der Waals surface area contributed by atoms with Gasteiger partial charge in [0.15, 0.2) is 5.13 Å². The summed E-state index contributed by atoms with van der Waals surface area (Å²) in [7, 11) is -3.32. The van der Waals surface area contributed by atoms with Crippen molar-refractivity contribution in [3.8, 4) is 0 Å². The highest BCUT2D eigenvalue weighted by molar-refractivity contribution is 7.85. The molecule has 0 atom stereocenters. The van der Waals surface area contributed by atoms with Crippen LogP contribution in [0.1, 0.15) is 25.7 Å². The molecule has 1 aromatic carbocycles. The Morgan fingerprint density at radius 2 is 2.00 bits per heavy atom. The molecule has 1 N–H and O–H groups in total. The van der Waals surface area contributed by atoms with E-state index in [0.717, 1.165) is 42.6 Å². The highest BCUT2D eigenvalue weighted by atomic mass is 32.2. The molecule has 0 spiro atoms.